The first kappa shape index (κ1) is 43.4. The number of hydrogen-bond donors (Lipinski definition) is 2. The van der Waals surface area contributed by atoms with Crippen molar-refractivity contribution in [2.75, 3.05) is 13.1 Å². The molecule has 1 aromatic heterocycles. The van der Waals surface area contributed by atoms with Crippen molar-refractivity contribution in [3.05, 3.63) is 83.2 Å². The molecule has 3 rings (SSSR count). The summed E-state index contributed by atoms with van der Waals surface area (Å²) < 4.78 is 0. The van der Waals surface area contributed by atoms with Crippen LogP contribution in [0.1, 0.15) is 139 Å². The van der Waals surface area contributed by atoms with E-state index in [0.29, 0.717) is 12.1 Å². The summed E-state index contributed by atoms with van der Waals surface area (Å²) >= 11 is 0. The van der Waals surface area contributed by atoms with Gasteiger partial charge in [-0.15, -0.1) is 0 Å². The number of nitriles is 1. The van der Waals surface area contributed by atoms with Crippen molar-refractivity contribution < 1.29 is 21.1 Å². The van der Waals surface area contributed by atoms with Gasteiger partial charge in [0.1, 0.15) is 0 Å². The third-order valence-electron chi connectivity index (χ3n) is 8.24. The van der Waals surface area contributed by atoms with Crippen LogP contribution in [0.3, 0.4) is 0 Å². The Bertz CT molecular complexity index is 1270. The van der Waals surface area contributed by atoms with Crippen LogP contribution in [0, 0.1) is 18.3 Å². The largest absolute Gasteiger partial charge is 0.677 e. The molecule has 0 bridgehead atoms. The van der Waals surface area contributed by atoms with Crippen LogP contribution in [0.5, 0.6) is 0 Å². The summed E-state index contributed by atoms with van der Waals surface area (Å²) in [5.74, 6) is 0. The van der Waals surface area contributed by atoms with Crippen LogP contribution in [0.15, 0.2) is 49.7 Å². The molecule has 0 atom stereocenters. The first-order valence-corrected chi connectivity index (χ1v) is 17.8. The van der Waals surface area contributed by atoms with Crippen molar-refractivity contribution >= 4 is 17.0 Å². The molecule has 0 saturated heterocycles. The molecule has 0 saturated carbocycles. The third-order valence-corrected chi connectivity index (χ3v) is 8.24. The Morgan fingerprint density at radius 2 is 1.46 bits per heavy atom. The maximum atomic E-state index is 9.19. The summed E-state index contributed by atoms with van der Waals surface area (Å²) in [6, 6.07) is 12.7. The van der Waals surface area contributed by atoms with E-state index in [4.69, 9.17) is 5.73 Å². The molecule has 0 aliphatic rings. The Morgan fingerprint density at radius 3 is 1.98 bits per heavy atom. The van der Waals surface area contributed by atoms with Gasteiger partial charge in [-0.05, 0) is 73.7 Å². The molecule has 1 heterocycles. The second kappa shape index (κ2) is 27.5. The summed E-state index contributed by atoms with van der Waals surface area (Å²) in [6.07, 6.45) is 22.9. The minimum atomic E-state index is 0. The van der Waals surface area contributed by atoms with Gasteiger partial charge in [-0.3, -0.25) is 0 Å². The number of nitrogens with one attached hydrogen (secondary N) is 3. The molecule has 3 aromatic rings. The van der Waals surface area contributed by atoms with Crippen LogP contribution >= 0.6 is 0 Å². The number of aromatic nitrogens is 1. The standard InChI is InChI=1S/C25H28N2.C11H24N.C5H11N.W/c1-5-8-9-10-20-13-17(4)23(15-19(20)6-2)25-21(7-3)22-12-11-18(16-26)14-24(22)27-25;1-2-3-4-5-6-7-8-9-10-11-12;1-3-5-6-4-2;/h7,11-15,27H,3,5-6,8-10H2,1-2,4H3;12H,2-11H2,1H3;4,6H,2-3,5H2,1H3;/q;-1;;. The second-order valence-electron chi connectivity index (χ2n) is 12.0. The summed E-state index contributed by atoms with van der Waals surface area (Å²) in [4.78, 5) is 3.55. The molecule has 4 nitrogen and oxygen atoms in total. The van der Waals surface area contributed by atoms with E-state index in [2.05, 4.69) is 76.3 Å². The predicted octanol–water partition coefficient (Wildman–Crippen LogP) is 12.6. The molecule has 0 spiro atoms. The fourth-order valence-corrected chi connectivity index (χ4v) is 5.60. The van der Waals surface area contributed by atoms with Crippen LogP contribution in [-0.4, -0.2) is 18.1 Å². The van der Waals surface area contributed by atoms with Gasteiger partial charge in [0, 0.05) is 49.6 Å². The minimum absolute atomic E-state index is 0. The Kier molecular flexibility index (Phi) is 25.9. The number of H-pyrrole nitrogens is 1. The Morgan fingerprint density at radius 1 is 0.826 bits per heavy atom. The van der Waals surface area contributed by atoms with Crippen molar-refractivity contribution in [2.45, 2.75) is 131 Å². The van der Waals surface area contributed by atoms with Gasteiger partial charge in [-0.1, -0.05) is 130 Å². The average molecular weight is 796 g/mol. The number of benzene rings is 2. The Labute approximate surface area is 297 Å². The molecule has 5 heteroatoms. The van der Waals surface area contributed by atoms with Gasteiger partial charge in [0.15, 0.2) is 0 Å². The molecule has 0 aliphatic carbocycles. The second-order valence-corrected chi connectivity index (χ2v) is 12.0. The van der Waals surface area contributed by atoms with Gasteiger partial charge in [-0.25, -0.2) is 0 Å². The van der Waals surface area contributed by atoms with E-state index in [0.717, 1.165) is 48.0 Å². The van der Waals surface area contributed by atoms with Crippen molar-refractivity contribution in [1.82, 2.24) is 10.3 Å². The monoisotopic (exact) mass is 795 g/mol. The topological polar surface area (TPSA) is 75.4 Å². The molecule has 46 heavy (non-hydrogen) atoms. The fourth-order valence-electron chi connectivity index (χ4n) is 5.60. The van der Waals surface area contributed by atoms with E-state index in [-0.39, 0.29) is 21.1 Å². The van der Waals surface area contributed by atoms with E-state index >= 15 is 0 Å². The first-order valence-electron chi connectivity index (χ1n) is 17.8. The van der Waals surface area contributed by atoms with Crippen LogP contribution in [0.4, 0.5) is 0 Å². The summed E-state index contributed by atoms with van der Waals surface area (Å²) in [6.45, 7) is 20.2. The fraction of sp³-hybridized carbons (Fsp3) is 0.537. The molecule has 2 aromatic carbocycles. The molecule has 3 N–H and O–H groups in total. The van der Waals surface area contributed by atoms with E-state index in [1.54, 1.807) is 6.20 Å². The van der Waals surface area contributed by atoms with Gasteiger partial charge < -0.3 is 16.0 Å². The van der Waals surface area contributed by atoms with Gasteiger partial charge in [-0.2, -0.15) is 11.8 Å². The molecule has 0 radical (unpaired) electrons. The zero-order valence-electron chi connectivity index (χ0n) is 29.8. The number of aryl methyl sites for hydroxylation is 3. The molecule has 0 aliphatic heterocycles. The third kappa shape index (κ3) is 15.8. The van der Waals surface area contributed by atoms with Gasteiger partial charge in [0.25, 0.3) is 0 Å². The smallest absolute Gasteiger partial charge is 0.0992 e. The average Bonchev–Trinajstić information content (AvgIpc) is 3.43. The number of nitrogens with zero attached hydrogens (tertiary/aromatic N) is 1. The Balaban J connectivity index is 0.000000889. The minimum Gasteiger partial charge on any atom is -0.677 e. The molecular formula is C41H63N4W-. The van der Waals surface area contributed by atoms with E-state index in [1.807, 2.05) is 24.3 Å². The Hall–Kier alpha value is -2.60. The maximum absolute atomic E-state index is 9.19. The first-order chi connectivity index (χ1) is 21.9. The quantitative estimate of drug-likeness (QED) is 0.119. The molecule has 254 valence electrons. The predicted molar refractivity (Wildman–Crippen MR) is 201 cm³/mol. The van der Waals surface area contributed by atoms with Crippen LogP contribution in [0.2, 0.25) is 0 Å². The number of hydrogen-bond acceptors (Lipinski definition) is 2. The zero-order valence-corrected chi connectivity index (χ0v) is 32.8. The summed E-state index contributed by atoms with van der Waals surface area (Å²) in [5, 5.41) is 13.3. The van der Waals surface area contributed by atoms with Crippen molar-refractivity contribution in [2.24, 2.45) is 0 Å². The summed E-state index contributed by atoms with van der Waals surface area (Å²) in [5.41, 5.74) is 16.3. The normalized spacial score (nSPS) is 10.1. The van der Waals surface area contributed by atoms with Gasteiger partial charge in [0.2, 0.25) is 0 Å². The van der Waals surface area contributed by atoms with Crippen molar-refractivity contribution in [1.29, 1.82) is 5.26 Å². The molecular weight excluding hydrogens is 732 g/mol. The van der Waals surface area contributed by atoms with E-state index in [9.17, 15) is 5.26 Å². The van der Waals surface area contributed by atoms with E-state index in [1.165, 1.54) is 99.3 Å². The van der Waals surface area contributed by atoms with Crippen molar-refractivity contribution in [3.8, 4) is 17.3 Å². The van der Waals surface area contributed by atoms with Gasteiger partial charge in [0.05, 0.1) is 17.3 Å². The zero-order chi connectivity index (χ0) is 33.3. The summed E-state index contributed by atoms with van der Waals surface area (Å²) in [7, 11) is 0. The molecule has 0 fully saturated rings. The maximum Gasteiger partial charge on any atom is 0.0992 e. The van der Waals surface area contributed by atoms with Crippen LogP contribution in [-0.2, 0) is 33.9 Å². The van der Waals surface area contributed by atoms with Gasteiger partial charge >= 0.3 is 0 Å². The number of fused-ring (bicyclic) bond motifs is 1. The van der Waals surface area contributed by atoms with E-state index < -0.39 is 0 Å². The molecule has 0 amide bonds. The van der Waals surface area contributed by atoms with Crippen molar-refractivity contribution in [3.63, 3.8) is 0 Å². The van der Waals surface area contributed by atoms with Crippen LogP contribution in [0.25, 0.3) is 34.0 Å². The molecule has 0 unspecified atom stereocenters. The van der Waals surface area contributed by atoms with Crippen LogP contribution < -0.4 is 5.32 Å². The number of rotatable bonds is 19. The number of unbranched alkanes of at least 4 members (excludes halogenated alkanes) is 10. The SMILES string of the molecule is C=CNCCC.C=Cc1c(-c2cc(CC)c(CCCCC)cc2C)[nH]c2cc(C#N)ccc12.CCCCCCCCCCC[NH-].[W]. The number of aromatic amines is 1.